The zero-order chi connectivity index (χ0) is 24.6. The van der Waals surface area contributed by atoms with E-state index in [0.717, 1.165) is 12.3 Å². The smallest absolute Gasteiger partial charge is 0.342 e. The zero-order valence-corrected chi connectivity index (χ0v) is 21.6. The van der Waals surface area contributed by atoms with E-state index in [4.69, 9.17) is 28.4 Å². The molecule has 8 nitrogen and oxygen atoms in total. The second-order valence-electron chi connectivity index (χ2n) is 9.50. The number of hydrogen-bond acceptors (Lipinski definition) is 8. The van der Waals surface area contributed by atoms with E-state index in [1.807, 2.05) is 6.08 Å². The quantitative estimate of drug-likeness (QED) is 0.189. The van der Waals surface area contributed by atoms with Gasteiger partial charge >= 0.3 is 5.97 Å². The van der Waals surface area contributed by atoms with Crippen molar-refractivity contribution in [2.45, 2.75) is 63.9 Å². The van der Waals surface area contributed by atoms with Crippen LogP contribution in [0.15, 0.2) is 18.2 Å². The van der Waals surface area contributed by atoms with Gasteiger partial charge in [-0.2, -0.15) is 0 Å². The molecule has 0 aliphatic carbocycles. The molecule has 9 heteroatoms. The van der Waals surface area contributed by atoms with Crippen LogP contribution in [0.1, 0.15) is 36.2 Å². The largest absolute Gasteiger partial charge is 0.497 e. The van der Waals surface area contributed by atoms with Crippen LogP contribution in [0, 0.1) is 0 Å². The Balaban J connectivity index is 2.30. The third-order valence-corrected chi connectivity index (χ3v) is 6.69. The van der Waals surface area contributed by atoms with Crippen LogP contribution in [-0.2, 0) is 23.7 Å². The molecule has 2 unspecified atom stereocenters. The Kier molecular flexibility index (Phi) is 9.66. The molecule has 1 aromatic carbocycles. The molecule has 1 heterocycles. The molecular formula is C24H36O8Si. The summed E-state index contributed by atoms with van der Waals surface area (Å²) in [6, 6.07) is 4.22. The van der Waals surface area contributed by atoms with Gasteiger partial charge in [0.25, 0.3) is 0 Å². The van der Waals surface area contributed by atoms with Crippen LogP contribution in [0.3, 0.4) is 0 Å². The molecule has 1 aliphatic rings. The summed E-state index contributed by atoms with van der Waals surface area (Å²) in [5.41, 5.74) is 0.856. The van der Waals surface area contributed by atoms with Crippen molar-refractivity contribution in [3.8, 4) is 11.5 Å². The van der Waals surface area contributed by atoms with Gasteiger partial charge < -0.3 is 33.2 Å². The predicted molar refractivity (Wildman–Crippen MR) is 127 cm³/mol. The number of carbonyl (C=O) groups is 2. The molecule has 33 heavy (non-hydrogen) atoms. The normalized spacial score (nSPS) is 20.1. The lowest BCUT2D eigenvalue weighted by Gasteiger charge is -2.18. The maximum atomic E-state index is 13.0. The molecule has 0 N–H and O–H groups in total. The molecule has 1 fully saturated rings. The Morgan fingerprint density at radius 2 is 1.91 bits per heavy atom. The van der Waals surface area contributed by atoms with Crippen LogP contribution >= 0.6 is 0 Å². The molecule has 2 rings (SSSR count). The summed E-state index contributed by atoms with van der Waals surface area (Å²) < 4.78 is 33.1. The first-order valence-electron chi connectivity index (χ1n) is 11.0. The number of ether oxygens (including phenoxy) is 6. The van der Waals surface area contributed by atoms with Gasteiger partial charge in [0.15, 0.2) is 18.9 Å². The molecule has 0 aromatic heterocycles. The lowest BCUT2D eigenvalue weighted by molar-refractivity contribution is -0.149. The van der Waals surface area contributed by atoms with Crippen molar-refractivity contribution in [1.82, 2.24) is 0 Å². The highest BCUT2D eigenvalue weighted by Gasteiger charge is 2.40. The average molecular weight is 481 g/mol. The van der Waals surface area contributed by atoms with Crippen LogP contribution in [-0.4, -0.2) is 65.9 Å². The highest BCUT2D eigenvalue weighted by Crippen LogP contribution is 2.32. The summed E-state index contributed by atoms with van der Waals surface area (Å²) in [7, 11) is 1.68. The van der Waals surface area contributed by atoms with Crippen molar-refractivity contribution < 1.29 is 38.0 Å². The summed E-state index contributed by atoms with van der Waals surface area (Å²) in [4.78, 5) is 24.4. The van der Waals surface area contributed by atoms with Crippen LogP contribution in [0.4, 0.5) is 0 Å². The number of methoxy groups -OCH3 is 2. The van der Waals surface area contributed by atoms with E-state index in [2.05, 4.69) is 19.6 Å². The van der Waals surface area contributed by atoms with Crippen LogP contribution in [0.5, 0.6) is 11.5 Å². The fraction of sp³-hybridized carbons (Fsp3) is 0.583. The molecule has 184 valence electrons. The Morgan fingerprint density at radius 1 is 1.18 bits per heavy atom. The standard InChI is InChI=1S/C24H36O8Si/c1-24(2)31-19(21(15-25)32-24)10-8-9-17-13-18(28-4)14-20(30-16-27-3)22(17)23(26)29-11-12-33(5,6)7/h8-9,13-15,19,21H,10-12,16H2,1-7H3. The molecule has 0 radical (unpaired) electrons. The van der Waals surface area contributed by atoms with Crippen LogP contribution in [0.2, 0.25) is 25.7 Å². The van der Waals surface area contributed by atoms with E-state index < -0.39 is 32.0 Å². The highest BCUT2D eigenvalue weighted by molar-refractivity contribution is 6.76. The van der Waals surface area contributed by atoms with Gasteiger partial charge in [-0.05, 0) is 37.9 Å². The minimum Gasteiger partial charge on any atom is -0.497 e. The first-order chi connectivity index (χ1) is 15.5. The third kappa shape index (κ3) is 8.26. The first-order valence-corrected chi connectivity index (χ1v) is 14.7. The van der Waals surface area contributed by atoms with Crippen molar-refractivity contribution >= 4 is 26.4 Å². The topological polar surface area (TPSA) is 89.5 Å². The van der Waals surface area contributed by atoms with E-state index in [9.17, 15) is 9.59 Å². The Labute approximate surface area is 197 Å². The molecule has 0 amide bonds. The van der Waals surface area contributed by atoms with Gasteiger partial charge in [-0.1, -0.05) is 31.8 Å². The van der Waals surface area contributed by atoms with E-state index in [0.29, 0.717) is 30.1 Å². The summed E-state index contributed by atoms with van der Waals surface area (Å²) >= 11 is 0. The van der Waals surface area contributed by atoms with Crippen molar-refractivity contribution in [3.63, 3.8) is 0 Å². The second-order valence-corrected chi connectivity index (χ2v) is 15.1. The zero-order valence-electron chi connectivity index (χ0n) is 20.6. The van der Waals surface area contributed by atoms with Gasteiger partial charge in [-0.3, -0.25) is 0 Å². The van der Waals surface area contributed by atoms with Gasteiger partial charge in [-0.25, -0.2) is 4.79 Å². The van der Waals surface area contributed by atoms with Gasteiger partial charge in [-0.15, -0.1) is 0 Å². The number of benzene rings is 1. The summed E-state index contributed by atoms with van der Waals surface area (Å²) in [5, 5.41) is 0. The van der Waals surface area contributed by atoms with E-state index >= 15 is 0 Å². The molecule has 0 saturated carbocycles. The molecule has 1 saturated heterocycles. The van der Waals surface area contributed by atoms with E-state index in [1.54, 1.807) is 32.1 Å². The number of rotatable bonds is 12. The average Bonchev–Trinajstić information content (AvgIpc) is 3.04. The van der Waals surface area contributed by atoms with Crippen LogP contribution < -0.4 is 9.47 Å². The minimum atomic E-state index is -1.36. The third-order valence-electron chi connectivity index (χ3n) is 4.98. The van der Waals surface area contributed by atoms with Crippen molar-refractivity contribution in [2.75, 3.05) is 27.6 Å². The Hall–Kier alpha value is -2.20. The summed E-state index contributed by atoms with van der Waals surface area (Å²) in [6.07, 6.45) is 3.70. The fourth-order valence-corrected chi connectivity index (χ4v) is 4.04. The van der Waals surface area contributed by atoms with Crippen molar-refractivity contribution in [2.24, 2.45) is 0 Å². The van der Waals surface area contributed by atoms with E-state index in [-0.39, 0.29) is 12.4 Å². The first kappa shape index (κ1) is 27.0. The second kappa shape index (κ2) is 11.8. The molecule has 1 aromatic rings. The van der Waals surface area contributed by atoms with Gasteiger partial charge in [0, 0.05) is 21.3 Å². The van der Waals surface area contributed by atoms with E-state index in [1.165, 1.54) is 14.2 Å². The van der Waals surface area contributed by atoms with Gasteiger partial charge in [0.2, 0.25) is 0 Å². The highest BCUT2D eigenvalue weighted by atomic mass is 28.3. The number of aldehydes is 1. The number of hydrogen-bond donors (Lipinski definition) is 0. The maximum Gasteiger partial charge on any atom is 0.342 e. The van der Waals surface area contributed by atoms with Crippen molar-refractivity contribution in [3.05, 3.63) is 29.3 Å². The molecular weight excluding hydrogens is 444 g/mol. The fourth-order valence-electron chi connectivity index (χ4n) is 3.33. The lowest BCUT2D eigenvalue weighted by Crippen LogP contribution is -2.23. The van der Waals surface area contributed by atoms with Crippen molar-refractivity contribution in [1.29, 1.82) is 0 Å². The number of carbonyl (C=O) groups excluding carboxylic acids is 2. The van der Waals surface area contributed by atoms with Gasteiger partial charge in [0.1, 0.15) is 23.2 Å². The monoisotopic (exact) mass is 480 g/mol. The Morgan fingerprint density at radius 3 is 2.52 bits per heavy atom. The Bertz CT molecular complexity index is 844. The SMILES string of the molecule is COCOc1cc(OC)cc(C=CCC2OC(C)(C)OC2C=O)c1C(=O)OCC[Si](C)(C)C. The number of esters is 1. The summed E-state index contributed by atoms with van der Waals surface area (Å²) in [6.45, 7) is 10.5. The van der Waals surface area contributed by atoms with Gasteiger partial charge in [0.05, 0.1) is 19.8 Å². The predicted octanol–water partition coefficient (Wildman–Crippen LogP) is 4.30. The molecule has 0 bridgehead atoms. The molecule has 1 aliphatic heterocycles. The maximum absolute atomic E-state index is 13.0. The summed E-state index contributed by atoms with van der Waals surface area (Å²) in [5.74, 6) is -0.478. The minimum absolute atomic E-state index is 0.0329. The molecule has 0 spiro atoms. The molecule has 2 atom stereocenters. The lowest BCUT2D eigenvalue weighted by atomic mass is 10.0. The van der Waals surface area contributed by atoms with Crippen LogP contribution in [0.25, 0.3) is 6.08 Å².